The highest BCUT2D eigenvalue weighted by molar-refractivity contribution is 7.89. The molecule has 1 unspecified atom stereocenters. The maximum atomic E-state index is 11.6. The minimum absolute atomic E-state index is 0.0125. The Morgan fingerprint density at radius 2 is 2.24 bits per heavy atom. The van der Waals surface area contributed by atoms with Gasteiger partial charge in [-0.3, -0.25) is 4.90 Å². The van der Waals surface area contributed by atoms with Crippen LogP contribution in [0.5, 0.6) is 0 Å². The largest absolute Gasteiger partial charge is 0.395 e. The van der Waals surface area contributed by atoms with Crippen LogP contribution in [0.1, 0.15) is 6.92 Å². The van der Waals surface area contributed by atoms with E-state index < -0.39 is 10.0 Å². The highest BCUT2D eigenvalue weighted by atomic mass is 32.2. The topological polar surface area (TPSA) is 70.1 Å². The van der Waals surface area contributed by atoms with Crippen molar-refractivity contribution in [3.63, 3.8) is 0 Å². The van der Waals surface area contributed by atoms with Crippen molar-refractivity contribution in [2.24, 2.45) is 0 Å². The number of hydrogen-bond donors (Lipinski definition) is 1. The fourth-order valence-electron chi connectivity index (χ4n) is 1.78. The normalized spacial score (nSPS) is 23.2. The molecule has 1 aliphatic rings. The number of rotatable bonds is 6. The fraction of sp³-hybridized carbons (Fsp3) is 1.00. The van der Waals surface area contributed by atoms with E-state index in [0.29, 0.717) is 26.3 Å². The third-order valence-corrected chi connectivity index (χ3v) is 4.96. The third-order valence-electron chi connectivity index (χ3n) is 3.10. The Hall–Kier alpha value is -0.210. The van der Waals surface area contributed by atoms with Crippen LogP contribution in [0.4, 0.5) is 0 Å². The van der Waals surface area contributed by atoms with Gasteiger partial charge in [-0.2, -0.15) is 0 Å². The van der Waals surface area contributed by atoms with Crippen molar-refractivity contribution < 1.29 is 18.3 Å². The highest BCUT2D eigenvalue weighted by Gasteiger charge is 2.23. The molecule has 0 radical (unpaired) electrons. The molecule has 1 atom stereocenters. The van der Waals surface area contributed by atoms with Crippen LogP contribution >= 0.6 is 0 Å². The lowest BCUT2D eigenvalue weighted by Gasteiger charge is -2.35. The van der Waals surface area contributed by atoms with Gasteiger partial charge < -0.3 is 9.84 Å². The van der Waals surface area contributed by atoms with E-state index in [1.54, 1.807) is 14.0 Å². The second-order valence-corrected chi connectivity index (χ2v) is 6.53. The molecule has 1 rings (SSSR count). The Morgan fingerprint density at radius 3 is 2.82 bits per heavy atom. The summed E-state index contributed by atoms with van der Waals surface area (Å²) in [7, 11) is -1.52. The first-order valence-electron chi connectivity index (χ1n) is 5.88. The molecule has 0 saturated carbocycles. The zero-order chi connectivity index (χ0) is 12.9. The van der Waals surface area contributed by atoms with Gasteiger partial charge in [-0.05, 0) is 6.92 Å². The molecule has 0 aromatic heterocycles. The molecule has 7 heteroatoms. The van der Waals surface area contributed by atoms with Crippen molar-refractivity contribution in [2.45, 2.75) is 13.0 Å². The zero-order valence-corrected chi connectivity index (χ0v) is 11.3. The van der Waals surface area contributed by atoms with Gasteiger partial charge in [-0.1, -0.05) is 0 Å². The molecule has 0 aromatic rings. The number of sulfonamides is 1. The summed E-state index contributed by atoms with van der Waals surface area (Å²) in [4.78, 5) is 2.07. The molecule has 1 heterocycles. The van der Waals surface area contributed by atoms with E-state index in [1.807, 2.05) is 0 Å². The van der Waals surface area contributed by atoms with Crippen molar-refractivity contribution in [3.05, 3.63) is 0 Å². The van der Waals surface area contributed by atoms with Gasteiger partial charge in [0.15, 0.2) is 0 Å². The SMILES string of the molecule is CCS(=O)(=O)N(C)CCN1CCOCC1CO. The van der Waals surface area contributed by atoms with Crippen molar-refractivity contribution in [1.82, 2.24) is 9.21 Å². The van der Waals surface area contributed by atoms with E-state index in [1.165, 1.54) is 4.31 Å². The summed E-state index contributed by atoms with van der Waals surface area (Å²) in [6.45, 7) is 4.66. The molecule has 6 nitrogen and oxygen atoms in total. The van der Waals surface area contributed by atoms with Gasteiger partial charge in [0.2, 0.25) is 10.0 Å². The molecule has 0 bridgehead atoms. The van der Waals surface area contributed by atoms with Crippen LogP contribution in [-0.4, -0.2) is 81.0 Å². The lowest BCUT2D eigenvalue weighted by molar-refractivity contribution is -0.0279. The van der Waals surface area contributed by atoms with Crippen LogP contribution in [0.15, 0.2) is 0 Å². The van der Waals surface area contributed by atoms with Crippen molar-refractivity contribution in [1.29, 1.82) is 0 Å². The lowest BCUT2D eigenvalue weighted by Crippen LogP contribution is -2.50. The predicted molar refractivity (Wildman–Crippen MR) is 65.4 cm³/mol. The maximum Gasteiger partial charge on any atom is 0.213 e. The first kappa shape index (κ1) is 14.8. The molecule has 0 spiro atoms. The zero-order valence-electron chi connectivity index (χ0n) is 10.5. The van der Waals surface area contributed by atoms with Crippen LogP contribution in [0.3, 0.4) is 0 Å². The van der Waals surface area contributed by atoms with E-state index in [9.17, 15) is 13.5 Å². The first-order chi connectivity index (χ1) is 8.01. The van der Waals surface area contributed by atoms with Gasteiger partial charge in [0.05, 0.1) is 31.6 Å². The number of ether oxygens (including phenoxy) is 1. The van der Waals surface area contributed by atoms with Crippen LogP contribution in [0, 0.1) is 0 Å². The van der Waals surface area contributed by atoms with E-state index >= 15 is 0 Å². The fourth-order valence-corrected chi connectivity index (χ4v) is 2.58. The van der Waals surface area contributed by atoms with Crippen molar-refractivity contribution in [2.75, 3.05) is 52.3 Å². The van der Waals surface area contributed by atoms with Crippen LogP contribution in [0.2, 0.25) is 0 Å². The maximum absolute atomic E-state index is 11.6. The summed E-state index contributed by atoms with van der Waals surface area (Å²) in [5, 5.41) is 9.18. The van der Waals surface area contributed by atoms with E-state index in [0.717, 1.165) is 6.54 Å². The first-order valence-corrected chi connectivity index (χ1v) is 7.49. The second kappa shape index (κ2) is 6.65. The molecule has 102 valence electrons. The minimum Gasteiger partial charge on any atom is -0.395 e. The van der Waals surface area contributed by atoms with Gasteiger partial charge in [0.1, 0.15) is 0 Å². The molecule has 0 aliphatic carbocycles. The Morgan fingerprint density at radius 1 is 1.53 bits per heavy atom. The van der Waals surface area contributed by atoms with Gasteiger partial charge in [0.25, 0.3) is 0 Å². The van der Waals surface area contributed by atoms with Gasteiger partial charge in [-0.15, -0.1) is 0 Å². The molecule has 1 saturated heterocycles. The Balaban J connectivity index is 2.44. The van der Waals surface area contributed by atoms with Crippen molar-refractivity contribution >= 4 is 10.0 Å². The Kier molecular flexibility index (Phi) is 5.81. The quantitative estimate of drug-likeness (QED) is 0.665. The minimum atomic E-state index is -3.11. The summed E-state index contributed by atoms with van der Waals surface area (Å²) in [6, 6.07) is -0.0125. The smallest absolute Gasteiger partial charge is 0.213 e. The molecule has 1 N–H and O–H groups in total. The van der Waals surface area contributed by atoms with Gasteiger partial charge in [0, 0.05) is 26.7 Å². The summed E-state index contributed by atoms with van der Waals surface area (Å²) in [5.74, 6) is 0.121. The number of morpholine rings is 1. The third kappa shape index (κ3) is 4.18. The molecule has 0 aromatic carbocycles. The second-order valence-electron chi connectivity index (χ2n) is 4.17. The molecule has 1 fully saturated rings. The number of nitrogens with zero attached hydrogens (tertiary/aromatic N) is 2. The Bertz CT molecular complexity index is 320. The average molecular weight is 266 g/mol. The molecule has 17 heavy (non-hydrogen) atoms. The van der Waals surface area contributed by atoms with Crippen LogP contribution < -0.4 is 0 Å². The number of aliphatic hydroxyl groups is 1. The van der Waals surface area contributed by atoms with E-state index in [-0.39, 0.29) is 18.4 Å². The lowest BCUT2D eigenvalue weighted by atomic mass is 10.2. The number of hydrogen-bond acceptors (Lipinski definition) is 5. The van der Waals surface area contributed by atoms with Gasteiger partial charge >= 0.3 is 0 Å². The van der Waals surface area contributed by atoms with Crippen molar-refractivity contribution in [3.8, 4) is 0 Å². The average Bonchev–Trinajstić information content (AvgIpc) is 2.36. The number of likely N-dealkylation sites (N-methyl/N-ethyl adjacent to an activating group) is 1. The molecule has 1 aliphatic heterocycles. The predicted octanol–water partition coefficient (Wildman–Crippen LogP) is -1.04. The molecular formula is C10H22N2O4S. The number of aliphatic hydroxyl groups excluding tert-OH is 1. The van der Waals surface area contributed by atoms with E-state index in [2.05, 4.69) is 4.90 Å². The standard InChI is InChI=1S/C10H22N2O4S/c1-3-17(14,15)11(2)4-5-12-6-7-16-9-10(12)8-13/h10,13H,3-9H2,1-2H3. The molecule has 0 amide bonds. The van der Waals surface area contributed by atoms with Crippen LogP contribution in [-0.2, 0) is 14.8 Å². The van der Waals surface area contributed by atoms with E-state index in [4.69, 9.17) is 4.74 Å². The Labute approximate surface area is 103 Å². The van der Waals surface area contributed by atoms with Crippen LogP contribution in [0.25, 0.3) is 0 Å². The molecular weight excluding hydrogens is 244 g/mol. The monoisotopic (exact) mass is 266 g/mol. The summed E-state index contributed by atoms with van der Waals surface area (Å²) < 4.78 is 29.7. The highest BCUT2D eigenvalue weighted by Crippen LogP contribution is 2.07. The van der Waals surface area contributed by atoms with Gasteiger partial charge in [-0.25, -0.2) is 12.7 Å². The summed E-state index contributed by atoms with van der Waals surface area (Å²) in [5.41, 5.74) is 0. The summed E-state index contributed by atoms with van der Waals surface area (Å²) >= 11 is 0. The summed E-state index contributed by atoms with van der Waals surface area (Å²) in [6.07, 6.45) is 0.